The molecule has 1 aromatic heterocycles. The zero-order valence-corrected chi connectivity index (χ0v) is 11.6. The van der Waals surface area contributed by atoms with Crippen molar-refractivity contribution >= 4 is 22.5 Å². The zero-order valence-electron chi connectivity index (χ0n) is 10.8. The molecule has 4 heteroatoms. The molecule has 2 rings (SSSR count). The molecular weight excluding hydrogens is 253 g/mol. The molecule has 0 aliphatic carbocycles. The molecule has 0 fully saturated rings. The molecule has 1 aromatic carbocycles. The van der Waals surface area contributed by atoms with Crippen LogP contribution in [0.3, 0.4) is 0 Å². The van der Waals surface area contributed by atoms with Crippen molar-refractivity contribution in [3.8, 4) is 5.75 Å². The quantitative estimate of drug-likeness (QED) is 0.767. The van der Waals surface area contributed by atoms with Crippen LogP contribution in [0, 0.1) is 5.82 Å². The molecule has 2 nitrogen and oxygen atoms in total. The Kier molecular flexibility index (Phi) is 3.20. The second kappa shape index (κ2) is 4.39. The second-order valence-corrected chi connectivity index (χ2v) is 5.65. The van der Waals surface area contributed by atoms with Gasteiger partial charge in [-0.1, -0.05) is 32.4 Å². The van der Waals surface area contributed by atoms with E-state index in [0.29, 0.717) is 21.7 Å². The molecule has 0 N–H and O–H groups in total. The molecule has 0 aliphatic heterocycles. The molecule has 0 unspecified atom stereocenters. The lowest BCUT2D eigenvalue weighted by Crippen LogP contribution is -2.13. The monoisotopic (exact) mass is 267 g/mol. The summed E-state index contributed by atoms with van der Waals surface area (Å²) in [6.07, 6.45) is 0. The smallest absolute Gasteiger partial charge is 0.148 e. The van der Waals surface area contributed by atoms with Gasteiger partial charge in [0.15, 0.2) is 0 Å². The molecule has 18 heavy (non-hydrogen) atoms. The first-order valence-electron chi connectivity index (χ1n) is 5.67. The number of nitrogens with zero attached hydrogens (tertiary/aromatic N) is 1. The summed E-state index contributed by atoms with van der Waals surface area (Å²) in [7, 11) is 1.49. The summed E-state index contributed by atoms with van der Waals surface area (Å²) in [4.78, 5) is 4.54. The SMILES string of the molecule is COc1cc(F)cc2c(Cl)cc(C(C)(C)C)nc12. The topological polar surface area (TPSA) is 22.1 Å². The molecule has 0 bridgehead atoms. The minimum Gasteiger partial charge on any atom is -0.494 e. The maximum Gasteiger partial charge on any atom is 0.148 e. The highest BCUT2D eigenvalue weighted by atomic mass is 35.5. The molecule has 0 atom stereocenters. The number of halogens is 2. The molecule has 1 heterocycles. The van der Waals surface area contributed by atoms with E-state index in [1.165, 1.54) is 19.2 Å². The summed E-state index contributed by atoms with van der Waals surface area (Å²) in [5.74, 6) is 0.0181. The lowest BCUT2D eigenvalue weighted by Gasteiger charge is -2.19. The number of hydrogen-bond acceptors (Lipinski definition) is 2. The minimum atomic E-state index is -0.383. The van der Waals surface area contributed by atoms with Crippen LogP contribution < -0.4 is 4.74 Å². The molecule has 0 saturated heterocycles. The second-order valence-electron chi connectivity index (χ2n) is 5.24. The van der Waals surface area contributed by atoms with Gasteiger partial charge in [0.25, 0.3) is 0 Å². The Labute approximate surface area is 111 Å². The molecule has 0 spiro atoms. The van der Waals surface area contributed by atoms with Crippen molar-refractivity contribution in [2.75, 3.05) is 7.11 Å². The molecule has 96 valence electrons. The largest absolute Gasteiger partial charge is 0.494 e. The Morgan fingerprint density at radius 3 is 2.44 bits per heavy atom. The van der Waals surface area contributed by atoms with Crippen LogP contribution >= 0.6 is 11.6 Å². The van der Waals surface area contributed by atoms with Gasteiger partial charge in [0.1, 0.15) is 17.1 Å². The average Bonchev–Trinajstić information content (AvgIpc) is 2.27. The fourth-order valence-electron chi connectivity index (χ4n) is 1.76. The van der Waals surface area contributed by atoms with Crippen LogP contribution in [0.5, 0.6) is 5.75 Å². The van der Waals surface area contributed by atoms with Crippen LogP contribution in [0.15, 0.2) is 18.2 Å². The summed E-state index contributed by atoms with van der Waals surface area (Å²) in [6.45, 7) is 6.15. The first kappa shape index (κ1) is 13.1. The van der Waals surface area contributed by atoms with Crippen LogP contribution in [0.1, 0.15) is 26.5 Å². The highest BCUT2D eigenvalue weighted by Gasteiger charge is 2.19. The maximum atomic E-state index is 13.4. The van der Waals surface area contributed by atoms with E-state index in [0.717, 1.165) is 5.69 Å². The van der Waals surface area contributed by atoms with Gasteiger partial charge in [-0.15, -0.1) is 0 Å². The van der Waals surface area contributed by atoms with Gasteiger partial charge >= 0.3 is 0 Å². The van der Waals surface area contributed by atoms with E-state index >= 15 is 0 Å². The number of hydrogen-bond donors (Lipinski definition) is 0. The third kappa shape index (κ3) is 2.27. The normalized spacial score (nSPS) is 11.9. The van der Waals surface area contributed by atoms with E-state index in [2.05, 4.69) is 4.98 Å². The lowest BCUT2D eigenvalue weighted by molar-refractivity contribution is 0.415. The Balaban J connectivity index is 2.83. The number of benzene rings is 1. The van der Waals surface area contributed by atoms with Gasteiger partial charge in [0, 0.05) is 22.6 Å². The van der Waals surface area contributed by atoms with Gasteiger partial charge < -0.3 is 4.74 Å². The van der Waals surface area contributed by atoms with Gasteiger partial charge in [-0.3, -0.25) is 0 Å². The Morgan fingerprint density at radius 2 is 1.89 bits per heavy atom. The average molecular weight is 268 g/mol. The number of pyridine rings is 1. The van der Waals surface area contributed by atoms with Crippen molar-refractivity contribution in [2.24, 2.45) is 0 Å². The Bertz CT molecular complexity index is 605. The third-order valence-electron chi connectivity index (χ3n) is 2.78. The van der Waals surface area contributed by atoms with Crippen molar-refractivity contribution in [1.82, 2.24) is 4.98 Å². The van der Waals surface area contributed by atoms with Crippen LogP contribution in [-0.2, 0) is 5.41 Å². The first-order valence-corrected chi connectivity index (χ1v) is 6.05. The third-order valence-corrected chi connectivity index (χ3v) is 3.09. The van der Waals surface area contributed by atoms with Crippen LogP contribution in [0.4, 0.5) is 4.39 Å². The van der Waals surface area contributed by atoms with E-state index in [1.54, 1.807) is 6.07 Å². The highest BCUT2D eigenvalue weighted by Crippen LogP contribution is 2.34. The summed E-state index contributed by atoms with van der Waals surface area (Å²) < 4.78 is 18.6. The highest BCUT2D eigenvalue weighted by molar-refractivity contribution is 6.35. The van der Waals surface area contributed by atoms with Crippen molar-refractivity contribution in [3.63, 3.8) is 0 Å². The summed E-state index contributed by atoms with van der Waals surface area (Å²) >= 11 is 6.21. The molecular formula is C14H15ClFNO. The van der Waals surface area contributed by atoms with E-state index in [9.17, 15) is 4.39 Å². The molecule has 0 saturated carbocycles. The fourth-order valence-corrected chi connectivity index (χ4v) is 2.01. The van der Waals surface area contributed by atoms with E-state index < -0.39 is 0 Å². The maximum absolute atomic E-state index is 13.4. The Hall–Kier alpha value is -1.35. The van der Waals surface area contributed by atoms with E-state index in [-0.39, 0.29) is 11.2 Å². The zero-order chi connectivity index (χ0) is 13.5. The number of methoxy groups -OCH3 is 1. The summed E-state index contributed by atoms with van der Waals surface area (Å²) in [6, 6.07) is 4.47. The predicted octanol–water partition coefficient (Wildman–Crippen LogP) is 4.33. The van der Waals surface area contributed by atoms with Gasteiger partial charge in [0.2, 0.25) is 0 Å². The number of rotatable bonds is 1. The van der Waals surface area contributed by atoms with Crippen molar-refractivity contribution < 1.29 is 9.13 Å². The van der Waals surface area contributed by atoms with E-state index in [1.807, 2.05) is 20.8 Å². The molecule has 0 aliphatic rings. The minimum absolute atomic E-state index is 0.128. The summed E-state index contributed by atoms with van der Waals surface area (Å²) in [5.41, 5.74) is 1.32. The number of ether oxygens (including phenoxy) is 1. The number of fused-ring (bicyclic) bond motifs is 1. The van der Waals surface area contributed by atoms with Crippen LogP contribution in [0.25, 0.3) is 10.9 Å². The van der Waals surface area contributed by atoms with Gasteiger partial charge in [0.05, 0.1) is 12.1 Å². The molecule has 0 amide bonds. The van der Waals surface area contributed by atoms with Gasteiger partial charge in [-0.05, 0) is 12.1 Å². The van der Waals surface area contributed by atoms with Gasteiger partial charge in [-0.25, -0.2) is 9.37 Å². The summed E-state index contributed by atoms with van der Waals surface area (Å²) in [5, 5.41) is 1.06. The van der Waals surface area contributed by atoms with Gasteiger partial charge in [-0.2, -0.15) is 0 Å². The van der Waals surface area contributed by atoms with Crippen LogP contribution in [0.2, 0.25) is 5.02 Å². The van der Waals surface area contributed by atoms with Crippen molar-refractivity contribution in [3.05, 3.63) is 34.7 Å². The van der Waals surface area contributed by atoms with Crippen molar-refractivity contribution in [2.45, 2.75) is 26.2 Å². The van der Waals surface area contributed by atoms with Crippen molar-refractivity contribution in [1.29, 1.82) is 0 Å². The first-order chi connectivity index (χ1) is 8.32. The fraction of sp³-hybridized carbons (Fsp3) is 0.357. The van der Waals surface area contributed by atoms with E-state index in [4.69, 9.17) is 16.3 Å². The predicted molar refractivity (Wildman–Crippen MR) is 72.0 cm³/mol. The number of aromatic nitrogens is 1. The Morgan fingerprint density at radius 1 is 1.22 bits per heavy atom. The van der Waals surface area contributed by atoms with Crippen LogP contribution in [-0.4, -0.2) is 12.1 Å². The molecule has 2 aromatic rings. The molecule has 0 radical (unpaired) electrons. The lowest BCUT2D eigenvalue weighted by atomic mass is 9.91. The standard InChI is InChI=1S/C14H15ClFNO/c1-14(2,3)12-7-10(15)9-5-8(16)6-11(18-4)13(9)17-12/h5-7H,1-4H3.